The molecule has 1 atom stereocenters. The van der Waals surface area contributed by atoms with Crippen LogP contribution in [0, 0.1) is 0 Å². The van der Waals surface area contributed by atoms with Crippen LogP contribution < -0.4 is 0 Å². The fraction of sp³-hybridized carbons (Fsp3) is 0.643. The number of oxazole rings is 1. The summed E-state index contributed by atoms with van der Waals surface area (Å²) >= 11 is 1.37. The van der Waals surface area contributed by atoms with Crippen LogP contribution in [0.1, 0.15) is 44.1 Å². The molecule has 0 saturated carbocycles. The maximum absolute atomic E-state index is 5.71. The van der Waals surface area contributed by atoms with Crippen molar-refractivity contribution in [3.8, 4) is 0 Å². The molecule has 6 nitrogen and oxygen atoms in total. The first kappa shape index (κ1) is 14.6. The summed E-state index contributed by atoms with van der Waals surface area (Å²) < 4.78 is 15.2. The van der Waals surface area contributed by atoms with Gasteiger partial charge in [-0.2, -0.15) is 0 Å². The van der Waals surface area contributed by atoms with Crippen molar-refractivity contribution in [2.45, 2.75) is 38.8 Å². The van der Waals surface area contributed by atoms with Gasteiger partial charge in [-0.25, -0.2) is 4.98 Å². The number of ether oxygens (including phenoxy) is 1. The first-order valence-electron chi connectivity index (χ1n) is 7.07. The van der Waals surface area contributed by atoms with Gasteiger partial charge in [-0.05, 0) is 11.5 Å². The van der Waals surface area contributed by atoms with E-state index in [1.54, 1.807) is 6.26 Å². The highest BCUT2D eigenvalue weighted by atomic mass is 32.1. The Labute approximate surface area is 128 Å². The lowest BCUT2D eigenvalue weighted by molar-refractivity contribution is -0.0228. The molecule has 0 N–H and O–H groups in total. The van der Waals surface area contributed by atoms with Gasteiger partial charge in [-0.1, -0.05) is 25.3 Å². The molecule has 1 aliphatic rings. The highest BCUT2D eigenvalue weighted by molar-refractivity contribution is 7.03. The van der Waals surface area contributed by atoms with E-state index < -0.39 is 0 Å². The average molecular weight is 308 g/mol. The minimum Gasteiger partial charge on any atom is -0.447 e. The molecule has 0 spiro atoms. The molecular weight excluding hydrogens is 288 g/mol. The van der Waals surface area contributed by atoms with E-state index in [0.29, 0.717) is 6.61 Å². The Balaban J connectivity index is 1.79. The lowest BCUT2D eigenvalue weighted by Crippen LogP contribution is -2.39. The number of hydrogen-bond donors (Lipinski definition) is 0. The Morgan fingerprint density at radius 2 is 2.29 bits per heavy atom. The fourth-order valence-corrected chi connectivity index (χ4v) is 2.74. The molecule has 3 rings (SSSR count). The Bertz CT molecular complexity index is 576. The largest absolute Gasteiger partial charge is 0.447 e. The van der Waals surface area contributed by atoms with Gasteiger partial charge in [0.2, 0.25) is 5.89 Å². The predicted octanol–water partition coefficient (Wildman–Crippen LogP) is 2.40. The SMILES string of the molecule is CC(C)(C)c1coc(C2COCCN2Cc2csnn2)n1. The first-order valence-corrected chi connectivity index (χ1v) is 7.91. The summed E-state index contributed by atoms with van der Waals surface area (Å²) in [4.78, 5) is 6.95. The second-order valence-electron chi connectivity index (χ2n) is 6.28. The van der Waals surface area contributed by atoms with Gasteiger partial charge in [-0.15, -0.1) is 5.10 Å². The zero-order valence-electron chi connectivity index (χ0n) is 12.6. The number of rotatable bonds is 3. The molecule has 2 aromatic rings. The molecule has 1 fully saturated rings. The first-order chi connectivity index (χ1) is 10.0. The van der Waals surface area contributed by atoms with E-state index in [1.165, 1.54) is 11.5 Å². The van der Waals surface area contributed by atoms with Crippen molar-refractivity contribution in [3.05, 3.63) is 28.9 Å². The predicted molar refractivity (Wildman–Crippen MR) is 79.1 cm³/mol. The number of nitrogens with zero attached hydrogens (tertiary/aromatic N) is 4. The van der Waals surface area contributed by atoms with E-state index in [9.17, 15) is 0 Å². The van der Waals surface area contributed by atoms with Crippen molar-refractivity contribution < 1.29 is 9.15 Å². The third-order valence-electron chi connectivity index (χ3n) is 3.59. The minimum atomic E-state index is -0.0130. The van der Waals surface area contributed by atoms with Crippen LogP contribution in [0.25, 0.3) is 0 Å². The van der Waals surface area contributed by atoms with Gasteiger partial charge in [0, 0.05) is 23.9 Å². The average Bonchev–Trinajstić information content (AvgIpc) is 3.09. The van der Waals surface area contributed by atoms with Gasteiger partial charge in [0.05, 0.1) is 24.6 Å². The van der Waals surface area contributed by atoms with E-state index in [-0.39, 0.29) is 11.5 Å². The smallest absolute Gasteiger partial charge is 0.214 e. The van der Waals surface area contributed by atoms with Crippen molar-refractivity contribution in [1.29, 1.82) is 0 Å². The van der Waals surface area contributed by atoms with Gasteiger partial charge >= 0.3 is 0 Å². The number of morpholine rings is 1. The Morgan fingerprint density at radius 3 is 2.95 bits per heavy atom. The Kier molecular flexibility index (Phi) is 4.05. The zero-order chi connectivity index (χ0) is 14.9. The minimum absolute atomic E-state index is 0.0130. The fourth-order valence-electron chi connectivity index (χ4n) is 2.30. The molecule has 1 saturated heterocycles. The van der Waals surface area contributed by atoms with Crippen LogP contribution in [-0.4, -0.2) is 39.2 Å². The molecule has 114 valence electrons. The van der Waals surface area contributed by atoms with E-state index >= 15 is 0 Å². The molecule has 2 aromatic heterocycles. The molecule has 1 unspecified atom stereocenters. The van der Waals surface area contributed by atoms with E-state index in [0.717, 1.165) is 37.0 Å². The quantitative estimate of drug-likeness (QED) is 0.867. The van der Waals surface area contributed by atoms with E-state index in [4.69, 9.17) is 9.15 Å². The highest BCUT2D eigenvalue weighted by Gasteiger charge is 2.30. The standard InChI is InChI=1S/C14H20N4O2S/c1-14(2,3)12-8-20-13(15-12)11-7-19-5-4-18(11)6-10-9-21-17-16-10/h8-9,11H,4-7H2,1-3H3. The molecule has 0 aromatic carbocycles. The lowest BCUT2D eigenvalue weighted by Gasteiger charge is -2.32. The normalized spacial score (nSPS) is 20.8. The van der Waals surface area contributed by atoms with Crippen LogP contribution >= 0.6 is 11.5 Å². The molecule has 0 aliphatic carbocycles. The van der Waals surface area contributed by atoms with Crippen molar-refractivity contribution in [3.63, 3.8) is 0 Å². The van der Waals surface area contributed by atoms with Crippen molar-refractivity contribution >= 4 is 11.5 Å². The molecule has 7 heteroatoms. The molecule has 1 aliphatic heterocycles. The topological polar surface area (TPSA) is 64.3 Å². The van der Waals surface area contributed by atoms with Crippen LogP contribution in [0.4, 0.5) is 0 Å². The summed E-state index contributed by atoms with van der Waals surface area (Å²) in [6, 6.07) is 0.0385. The van der Waals surface area contributed by atoms with Gasteiger partial charge in [-0.3, -0.25) is 4.90 Å². The molecular formula is C14H20N4O2S. The third-order valence-corrected chi connectivity index (χ3v) is 4.14. The third kappa shape index (κ3) is 3.30. The van der Waals surface area contributed by atoms with Gasteiger partial charge in [0.25, 0.3) is 0 Å². The zero-order valence-corrected chi connectivity index (χ0v) is 13.4. The Hall–Kier alpha value is -1.31. The van der Waals surface area contributed by atoms with Gasteiger partial charge < -0.3 is 9.15 Å². The summed E-state index contributed by atoms with van der Waals surface area (Å²) in [5.41, 5.74) is 1.94. The van der Waals surface area contributed by atoms with Gasteiger partial charge in [0.15, 0.2) is 0 Å². The molecule has 21 heavy (non-hydrogen) atoms. The molecule has 0 radical (unpaired) electrons. The summed E-state index contributed by atoms with van der Waals surface area (Å²) in [5, 5.41) is 6.09. The highest BCUT2D eigenvalue weighted by Crippen LogP contribution is 2.28. The van der Waals surface area contributed by atoms with E-state index in [2.05, 4.69) is 40.2 Å². The summed E-state index contributed by atoms with van der Waals surface area (Å²) in [6.45, 7) is 9.30. The van der Waals surface area contributed by atoms with Crippen molar-refractivity contribution in [1.82, 2.24) is 19.5 Å². The van der Waals surface area contributed by atoms with Crippen LogP contribution in [0.3, 0.4) is 0 Å². The van der Waals surface area contributed by atoms with Crippen LogP contribution in [0.5, 0.6) is 0 Å². The van der Waals surface area contributed by atoms with Crippen LogP contribution in [0.2, 0.25) is 0 Å². The summed E-state index contributed by atoms with van der Waals surface area (Å²) in [7, 11) is 0. The van der Waals surface area contributed by atoms with E-state index in [1.807, 2.05) is 5.38 Å². The summed E-state index contributed by atoms with van der Waals surface area (Å²) in [5.74, 6) is 0.725. The van der Waals surface area contributed by atoms with Crippen LogP contribution in [-0.2, 0) is 16.7 Å². The van der Waals surface area contributed by atoms with Crippen LogP contribution in [0.15, 0.2) is 16.1 Å². The Morgan fingerprint density at radius 1 is 1.43 bits per heavy atom. The molecule has 0 amide bonds. The number of aromatic nitrogens is 3. The molecule has 0 bridgehead atoms. The molecule has 3 heterocycles. The summed E-state index contributed by atoms with van der Waals surface area (Å²) in [6.07, 6.45) is 1.76. The maximum Gasteiger partial charge on any atom is 0.214 e. The van der Waals surface area contributed by atoms with Gasteiger partial charge in [0.1, 0.15) is 12.3 Å². The maximum atomic E-state index is 5.71. The lowest BCUT2D eigenvalue weighted by atomic mass is 9.93. The second-order valence-corrected chi connectivity index (χ2v) is 6.89. The van der Waals surface area contributed by atoms with Crippen molar-refractivity contribution in [2.75, 3.05) is 19.8 Å². The second kappa shape index (κ2) is 5.82. The van der Waals surface area contributed by atoms with Crippen molar-refractivity contribution in [2.24, 2.45) is 0 Å². The number of hydrogen-bond acceptors (Lipinski definition) is 7. The monoisotopic (exact) mass is 308 g/mol.